The molecular formula is C35H42N14. The van der Waals surface area contributed by atoms with Crippen molar-refractivity contribution < 1.29 is 0 Å². The van der Waals surface area contributed by atoms with Crippen molar-refractivity contribution in [3.63, 3.8) is 0 Å². The number of aromatic nitrogens is 12. The molecule has 9 heterocycles. The summed E-state index contributed by atoms with van der Waals surface area (Å²) >= 11 is 0. The van der Waals surface area contributed by atoms with Crippen LogP contribution in [0.15, 0.2) is 92.2 Å². The minimum Gasteiger partial charge on any atom is -0.311 e. The first-order valence-electron chi connectivity index (χ1n) is 16.2. The number of nitrogens with one attached hydrogen (secondary N) is 3. The zero-order valence-electron chi connectivity index (χ0n) is 28.3. The van der Waals surface area contributed by atoms with E-state index >= 15 is 0 Å². The van der Waals surface area contributed by atoms with Crippen molar-refractivity contribution in [2.45, 2.75) is 25.9 Å². The summed E-state index contributed by atoms with van der Waals surface area (Å²) in [4.78, 5) is 7.86. The number of hydrogen-bond acceptors (Lipinski definition) is 9. The number of H-pyrrole nitrogens is 1. The number of rotatable bonds is 0. The fourth-order valence-electron chi connectivity index (χ4n) is 5.62. The highest BCUT2D eigenvalue weighted by Crippen LogP contribution is 2.12. The lowest BCUT2D eigenvalue weighted by molar-refractivity contribution is 0.593. The fourth-order valence-corrected chi connectivity index (χ4v) is 5.62. The summed E-state index contributed by atoms with van der Waals surface area (Å²) in [5, 5.41) is 33.4. The Morgan fingerprint density at radius 3 is 2.14 bits per heavy atom. The average Bonchev–Trinajstić information content (AvgIpc) is 3.97. The van der Waals surface area contributed by atoms with Crippen molar-refractivity contribution in [3.8, 4) is 0 Å². The second-order valence-electron chi connectivity index (χ2n) is 11.8. The van der Waals surface area contributed by atoms with E-state index in [0.717, 1.165) is 60.8 Å². The molecule has 14 nitrogen and oxygen atoms in total. The van der Waals surface area contributed by atoms with Crippen LogP contribution in [0, 0.1) is 0 Å². The van der Waals surface area contributed by atoms with Gasteiger partial charge in [-0.1, -0.05) is 18.2 Å². The standard InChI is InChI=1S/C8H8N2.C7H11N3.C7H7N3.C7H11N3.C6H5N3/c1-10-8-5-3-2-4-7(8)6-9-10;2*1-10-5-6-2-3-8-4-7(6)9-10;1-10-7-5-8-3-2-6(7)4-9-10;1-2-7-4-6-5(1)3-8-9-6/h2-6H,1H3;5,8H,2-4H2,1H3;2-5H,1H3;4,8H,2-3,5H2,1H3;1-4H,(H,8,9). The predicted octanol–water partition coefficient (Wildman–Crippen LogP) is 3.63. The largest absolute Gasteiger partial charge is 0.311 e. The lowest BCUT2D eigenvalue weighted by Crippen LogP contribution is -2.24. The van der Waals surface area contributed by atoms with E-state index in [1.807, 2.05) is 85.1 Å². The third-order valence-electron chi connectivity index (χ3n) is 8.19. The molecule has 3 N–H and O–H groups in total. The highest BCUT2D eigenvalue weighted by molar-refractivity contribution is 5.78. The Labute approximate surface area is 284 Å². The van der Waals surface area contributed by atoms with Gasteiger partial charge in [0.15, 0.2) is 0 Å². The summed E-state index contributed by atoms with van der Waals surface area (Å²) in [6, 6.07) is 12.0. The van der Waals surface area contributed by atoms with Crippen LogP contribution in [-0.4, -0.2) is 72.4 Å². The summed E-state index contributed by atoms with van der Waals surface area (Å²) in [6.07, 6.45) is 19.0. The number of aromatic amines is 1. The molecule has 0 bridgehead atoms. The number of nitrogens with zero attached hydrogens (tertiary/aromatic N) is 11. The van der Waals surface area contributed by atoms with Crippen LogP contribution < -0.4 is 10.6 Å². The molecule has 0 saturated heterocycles. The second kappa shape index (κ2) is 15.9. The van der Waals surface area contributed by atoms with Gasteiger partial charge >= 0.3 is 0 Å². The Hall–Kier alpha value is -5.73. The van der Waals surface area contributed by atoms with Crippen molar-refractivity contribution >= 4 is 32.7 Å². The number of aryl methyl sites for hydroxylation is 4. The van der Waals surface area contributed by atoms with E-state index in [1.165, 1.54) is 33.4 Å². The molecule has 0 spiro atoms. The van der Waals surface area contributed by atoms with Gasteiger partial charge in [-0.2, -0.15) is 25.5 Å². The first-order valence-corrected chi connectivity index (χ1v) is 16.2. The number of benzene rings is 1. The highest BCUT2D eigenvalue weighted by Gasteiger charge is 2.12. The topological polar surface area (TPSA) is 150 Å². The van der Waals surface area contributed by atoms with Crippen molar-refractivity contribution in [2.24, 2.45) is 28.2 Å². The fraction of sp³-hybridized carbons (Fsp3) is 0.286. The molecule has 49 heavy (non-hydrogen) atoms. The van der Waals surface area contributed by atoms with Crippen LogP contribution in [0.5, 0.6) is 0 Å². The number of hydrogen-bond donors (Lipinski definition) is 3. The van der Waals surface area contributed by atoms with Crippen LogP contribution in [0.2, 0.25) is 0 Å². The van der Waals surface area contributed by atoms with E-state index in [2.05, 4.69) is 69.5 Å². The van der Waals surface area contributed by atoms with Crippen molar-refractivity contribution in [2.75, 3.05) is 13.1 Å². The zero-order valence-corrected chi connectivity index (χ0v) is 28.3. The quantitative estimate of drug-likeness (QED) is 0.222. The second-order valence-corrected chi connectivity index (χ2v) is 11.8. The zero-order chi connectivity index (χ0) is 34.0. The monoisotopic (exact) mass is 658 g/mol. The van der Waals surface area contributed by atoms with Crippen molar-refractivity contribution in [1.82, 2.24) is 69.9 Å². The third kappa shape index (κ3) is 8.60. The lowest BCUT2D eigenvalue weighted by Gasteiger charge is -2.12. The molecule has 2 aliphatic heterocycles. The van der Waals surface area contributed by atoms with Gasteiger partial charge in [-0.25, -0.2) is 0 Å². The molecule has 14 heteroatoms. The van der Waals surface area contributed by atoms with Crippen LogP contribution in [0.3, 0.4) is 0 Å². The maximum Gasteiger partial charge on any atom is 0.111 e. The molecule has 0 atom stereocenters. The van der Waals surface area contributed by atoms with Crippen LogP contribution in [-0.2, 0) is 54.1 Å². The molecule has 0 aliphatic carbocycles. The molecular weight excluding hydrogens is 616 g/mol. The Balaban J connectivity index is 0.000000106. The molecule has 0 amide bonds. The van der Waals surface area contributed by atoms with Gasteiger partial charge in [-0.3, -0.25) is 33.8 Å². The minimum absolute atomic E-state index is 0.941. The Morgan fingerprint density at radius 2 is 1.37 bits per heavy atom. The Morgan fingerprint density at radius 1 is 0.633 bits per heavy atom. The van der Waals surface area contributed by atoms with Gasteiger partial charge in [0.05, 0.1) is 53.4 Å². The third-order valence-corrected chi connectivity index (χ3v) is 8.19. The van der Waals surface area contributed by atoms with Gasteiger partial charge in [-0.05, 0) is 55.3 Å². The first kappa shape index (κ1) is 33.2. The summed E-state index contributed by atoms with van der Waals surface area (Å²) < 4.78 is 7.49. The van der Waals surface area contributed by atoms with Crippen LogP contribution >= 0.6 is 0 Å². The van der Waals surface area contributed by atoms with Crippen LogP contribution in [0.1, 0.15) is 22.5 Å². The normalized spacial score (nSPS) is 13.1. The van der Waals surface area contributed by atoms with Gasteiger partial charge < -0.3 is 10.6 Å². The lowest BCUT2D eigenvalue weighted by atomic mass is 10.1. The molecule has 7 aromatic heterocycles. The minimum atomic E-state index is 0.941. The Bertz CT molecular complexity index is 2120. The van der Waals surface area contributed by atoms with Crippen molar-refractivity contribution in [3.05, 3.63) is 115 Å². The maximum atomic E-state index is 4.31. The van der Waals surface area contributed by atoms with E-state index in [4.69, 9.17) is 0 Å². The number of para-hydroxylation sites is 1. The molecule has 0 radical (unpaired) electrons. The SMILES string of the molecule is Cn1cc2c(n1)CNCC2.Cn1cc2ccncc2n1.Cn1ncc2c1CNCC2.Cn1ncc2ccccc21.c1cc2cn[nH]c2cn1. The summed E-state index contributed by atoms with van der Waals surface area (Å²) in [5.41, 5.74) is 8.48. The molecule has 8 aromatic rings. The summed E-state index contributed by atoms with van der Waals surface area (Å²) in [5.74, 6) is 0. The molecule has 0 saturated carbocycles. The van der Waals surface area contributed by atoms with Gasteiger partial charge in [0.25, 0.3) is 0 Å². The Kier molecular flexibility index (Phi) is 10.8. The van der Waals surface area contributed by atoms with Gasteiger partial charge in [0.1, 0.15) is 5.52 Å². The number of fused-ring (bicyclic) bond motifs is 5. The molecule has 1 aromatic carbocycles. The van der Waals surface area contributed by atoms with E-state index in [9.17, 15) is 0 Å². The van der Waals surface area contributed by atoms with Gasteiger partial charge in [-0.15, -0.1) is 0 Å². The van der Waals surface area contributed by atoms with E-state index in [-0.39, 0.29) is 0 Å². The van der Waals surface area contributed by atoms with E-state index < -0.39 is 0 Å². The smallest absolute Gasteiger partial charge is 0.111 e. The van der Waals surface area contributed by atoms with Crippen molar-refractivity contribution in [1.29, 1.82) is 0 Å². The molecule has 0 fully saturated rings. The van der Waals surface area contributed by atoms with Gasteiger partial charge in [0.2, 0.25) is 0 Å². The molecule has 10 rings (SSSR count). The molecule has 2 aliphatic rings. The van der Waals surface area contributed by atoms with Crippen LogP contribution in [0.25, 0.3) is 32.7 Å². The van der Waals surface area contributed by atoms with Gasteiger partial charge in [0, 0.05) is 82.2 Å². The summed E-state index contributed by atoms with van der Waals surface area (Å²) in [6.45, 7) is 4.11. The van der Waals surface area contributed by atoms with E-state index in [1.54, 1.807) is 35.7 Å². The van der Waals surface area contributed by atoms with Crippen LogP contribution in [0.4, 0.5) is 0 Å². The summed E-state index contributed by atoms with van der Waals surface area (Å²) in [7, 11) is 7.81. The first-order chi connectivity index (χ1) is 23.9. The predicted molar refractivity (Wildman–Crippen MR) is 190 cm³/mol. The van der Waals surface area contributed by atoms with E-state index in [0.29, 0.717) is 0 Å². The molecule has 0 unspecified atom stereocenters. The number of pyridine rings is 2. The average molecular weight is 659 g/mol. The highest BCUT2D eigenvalue weighted by atomic mass is 15.3. The molecule has 252 valence electrons. The maximum absolute atomic E-state index is 4.31.